The number of benzene rings is 1. The number of aromatic nitrogens is 2. The summed E-state index contributed by atoms with van der Waals surface area (Å²) in [5, 5.41) is 0. The summed E-state index contributed by atoms with van der Waals surface area (Å²) >= 11 is 0. The average molecular weight is 281 g/mol. The summed E-state index contributed by atoms with van der Waals surface area (Å²) in [6.07, 6.45) is 3.81. The van der Waals surface area contributed by atoms with E-state index in [1.54, 1.807) is 0 Å². The van der Waals surface area contributed by atoms with Crippen molar-refractivity contribution >= 4 is 17.0 Å². The third kappa shape index (κ3) is 2.05. The number of imidazole rings is 1. The predicted octanol–water partition coefficient (Wildman–Crippen LogP) is 3.59. The van der Waals surface area contributed by atoms with E-state index in [4.69, 9.17) is 0 Å². The molecule has 0 fully saturated rings. The van der Waals surface area contributed by atoms with Gasteiger partial charge in [-0.05, 0) is 37.5 Å². The van der Waals surface area contributed by atoms with Crippen molar-refractivity contribution in [1.82, 2.24) is 9.55 Å². The van der Waals surface area contributed by atoms with Crippen LogP contribution in [0.4, 0.5) is 0 Å². The van der Waals surface area contributed by atoms with Crippen LogP contribution in [-0.2, 0) is 7.05 Å². The van der Waals surface area contributed by atoms with Crippen molar-refractivity contribution in [2.45, 2.75) is 20.8 Å². The fourth-order valence-corrected chi connectivity index (χ4v) is 1.82. The van der Waals surface area contributed by atoms with Gasteiger partial charge in [0.25, 0.3) is 0 Å². The monoisotopic (exact) mass is 280 g/mol. The molecule has 0 aliphatic rings. The molecule has 0 amide bonds. The Balaban J connectivity index is 0.00000128. The first-order valence-corrected chi connectivity index (χ1v) is 5.15. The first-order valence-electron chi connectivity index (χ1n) is 5.15. The van der Waals surface area contributed by atoms with E-state index in [9.17, 15) is 0 Å². The van der Waals surface area contributed by atoms with Gasteiger partial charge in [-0.25, -0.2) is 4.98 Å². The lowest BCUT2D eigenvalue weighted by atomic mass is 9.98. The lowest BCUT2D eigenvalue weighted by Gasteiger charge is -2.10. The summed E-state index contributed by atoms with van der Waals surface area (Å²) in [7, 11) is 2.02. The number of rotatable bonds is 1. The molecule has 1 aromatic carbocycles. The Hall–Kier alpha value is -1.09. The number of hydrogen-bond acceptors (Lipinski definition) is 1. The van der Waals surface area contributed by atoms with Gasteiger partial charge in [0, 0.05) is 25.0 Å². The maximum atomic E-state index is 4.38. The second kappa shape index (κ2) is 4.83. The van der Waals surface area contributed by atoms with Gasteiger partial charge < -0.3 is 4.57 Å². The summed E-state index contributed by atoms with van der Waals surface area (Å²) < 4.78 is 2.05. The molecule has 0 spiro atoms. The van der Waals surface area contributed by atoms with Gasteiger partial charge in [-0.15, -0.1) is 17.0 Å². The van der Waals surface area contributed by atoms with Crippen LogP contribution in [0.25, 0.3) is 11.4 Å². The van der Waals surface area contributed by atoms with Crippen molar-refractivity contribution in [3.63, 3.8) is 0 Å². The highest BCUT2D eigenvalue weighted by atomic mass is 79.9. The third-order valence-electron chi connectivity index (χ3n) is 3.12. The molecule has 0 N–H and O–H groups in total. The van der Waals surface area contributed by atoms with Crippen LogP contribution in [0.5, 0.6) is 0 Å². The Kier molecular flexibility index (Phi) is 3.92. The van der Waals surface area contributed by atoms with Crippen molar-refractivity contribution in [2.24, 2.45) is 7.05 Å². The third-order valence-corrected chi connectivity index (χ3v) is 3.12. The molecule has 0 unspecified atom stereocenters. The Morgan fingerprint density at radius 2 is 1.75 bits per heavy atom. The molecule has 86 valence electrons. The topological polar surface area (TPSA) is 17.8 Å². The van der Waals surface area contributed by atoms with Crippen molar-refractivity contribution < 1.29 is 0 Å². The van der Waals surface area contributed by atoms with Gasteiger partial charge in [0.2, 0.25) is 0 Å². The van der Waals surface area contributed by atoms with Crippen molar-refractivity contribution in [2.75, 3.05) is 0 Å². The second-order valence-electron chi connectivity index (χ2n) is 4.04. The molecule has 3 heteroatoms. The van der Waals surface area contributed by atoms with Crippen LogP contribution in [0, 0.1) is 20.8 Å². The van der Waals surface area contributed by atoms with E-state index in [2.05, 4.69) is 42.5 Å². The van der Waals surface area contributed by atoms with Crippen LogP contribution < -0.4 is 0 Å². The highest BCUT2D eigenvalue weighted by Gasteiger charge is 2.09. The predicted molar refractivity (Wildman–Crippen MR) is 73.2 cm³/mol. The number of aryl methyl sites for hydroxylation is 2. The average Bonchev–Trinajstić information content (AvgIpc) is 2.62. The molecule has 0 radical (unpaired) electrons. The van der Waals surface area contributed by atoms with E-state index in [1.165, 1.54) is 22.3 Å². The van der Waals surface area contributed by atoms with Crippen molar-refractivity contribution in [3.8, 4) is 11.4 Å². The van der Waals surface area contributed by atoms with Gasteiger partial charge in [0.1, 0.15) is 5.82 Å². The van der Waals surface area contributed by atoms with E-state index in [0.29, 0.717) is 0 Å². The number of nitrogens with zero attached hydrogens (tertiary/aromatic N) is 2. The highest BCUT2D eigenvalue weighted by Crippen LogP contribution is 2.25. The Morgan fingerprint density at radius 3 is 2.31 bits per heavy atom. The first-order chi connectivity index (χ1) is 7.11. The molecule has 0 bridgehead atoms. The van der Waals surface area contributed by atoms with Gasteiger partial charge >= 0.3 is 0 Å². The standard InChI is InChI=1S/C13H16N2.BrH/c1-9-5-6-12(11(3)10(9)2)13-14-7-8-15(13)4;/h5-8H,1-4H3;1H. The highest BCUT2D eigenvalue weighted by molar-refractivity contribution is 8.93. The van der Waals surface area contributed by atoms with Crippen molar-refractivity contribution in [1.29, 1.82) is 0 Å². The summed E-state index contributed by atoms with van der Waals surface area (Å²) in [6.45, 7) is 6.47. The molecule has 16 heavy (non-hydrogen) atoms. The van der Waals surface area contributed by atoms with Crippen LogP contribution >= 0.6 is 17.0 Å². The van der Waals surface area contributed by atoms with Crippen LogP contribution in [0.15, 0.2) is 24.5 Å². The van der Waals surface area contributed by atoms with Gasteiger partial charge in [-0.3, -0.25) is 0 Å². The molecular formula is C13H17BrN2. The zero-order valence-electron chi connectivity index (χ0n) is 10.1. The Bertz CT molecular complexity index is 501. The van der Waals surface area contributed by atoms with Gasteiger partial charge in [0.15, 0.2) is 0 Å². The molecular weight excluding hydrogens is 264 g/mol. The minimum atomic E-state index is 0. The summed E-state index contributed by atoms with van der Waals surface area (Å²) in [5.41, 5.74) is 5.25. The minimum absolute atomic E-state index is 0. The molecule has 2 aromatic rings. The molecule has 2 nitrogen and oxygen atoms in total. The van der Waals surface area contributed by atoms with Gasteiger partial charge in [0.05, 0.1) is 0 Å². The smallest absolute Gasteiger partial charge is 0.139 e. The molecule has 0 saturated heterocycles. The van der Waals surface area contributed by atoms with E-state index in [1.807, 2.05) is 19.4 Å². The maximum Gasteiger partial charge on any atom is 0.139 e. The van der Waals surface area contributed by atoms with E-state index in [-0.39, 0.29) is 17.0 Å². The molecule has 0 aliphatic carbocycles. The lowest BCUT2D eigenvalue weighted by Crippen LogP contribution is -1.96. The Morgan fingerprint density at radius 1 is 1.06 bits per heavy atom. The minimum Gasteiger partial charge on any atom is -0.334 e. The maximum absolute atomic E-state index is 4.38. The van der Waals surface area contributed by atoms with Gasteiger partial charge in [-0.2, -0.15) is 0 Å². The quantitative estimate of drug-likeness (QED) is 0.781. The number of halogens is 1. The van der Waals surface area contributed by atoms with E-state index >= 15 is 0 Å². The fourth-order valence-electron chi connectivity index (χ4n) is 1.82. The zero-order valence-corrected chi connectivity index (χ0v) is 11.8. The summed E-state index contributed by atoms with van der Waals surface area (Å²) in [4.78, 5) is 4.38. The molecule has 2 rings (SSSR count). The molecule has 0 saturated carbocycles. The fraction of sp³-hybridized carbons (Fsp3) is 0.308. The molecule has 1 heterocycles. The largest absolute Gasteiger partial charge is 0.334 e. The SMILES string of the molecule is Br.Cc1ccc(-c2nccn2C)c(C)c1C. The van der Waals surface area contributed by atoms with E-state index in [0.717, 1.165) is 5.82 Å². The van der Waals surface area contributed by atoms with E-state index < -0.39 is 0 Å². The van der Waals surface area contributed by atoms with Crippen molar-refractivity contribution in [3.05, 3.63) is 41.2 Å². The normalized spacial score (nSPS) is 10.0. The lowest BCUT2D eigenvalue weighted by molar-refractivity contribution is 0.922. The molecule has 0 aliphatic heterocycles. The molecule has 0 atom stereocenters. The number of hydrogen-bond donors (Lipinski definition) is 0. The summed E-state index contributed by atoms with van der Waals surface area (Å²) in [5.74, 6) is 1.04. The van der Waals surface area contributed by atoms with Crippen LogP contribution in [0.3, 0.4) is 0 Å². The second-order valence-corrected chi connectivity index (χ2v) is 4.04. The summed E-state index contributed by atoms with van der Waals surface area (Å²) in [6, 6.07) is 4.31. The van der Waals surface area contributed by atoms with Crippen LogP contribution in [0.2, 0.25) is 0 Å². The van der Waals surface area contributed by atoms with Crippen LogP contribution in [0.1, 0.15) is 16.7 Å². The first kappa shape index (κ1) is 13.0. The van der Waals surface area contributed by atoms with Crippen LogP contribution in [-0.4, -0.2) is 9.55 Å². The zero-order chi connectivity index (χ0) is 11.0. The Labute approximate surface area is 107 Å². The van der Waals surface area contributed by atoms with Gasteiger partial charge in [-0.1, -0.05) is 12.1 Å². The molecule has 1 aromatic heterocycles.